The molecular formula is C26H31N5O2. The first-order chi connectivity index (χ1) is 16.1. The number of aromatic nitrogens is 2. The van der Waals surface area contributed by atoms with Crippen molar-refractivity contribution in [3.05, 3.63) is 77.6 Å². The number of piperazine rings is 1. The number of fused-ring (bicyclic) bond motifs is 1. The number of benzene rings is 2. The SMILES string of the molecule is CC(=O)N1CCN(Cc2ccc3c(c2)CN(Cc2cnn(-c4ccccc4)c2)CCO3)CC1. The number of amides is 1. The summed E-state index contributed by atoms with van der Waals surface area (Å²) in [5.41, 5.74) is 4.80. The summed E-state index contributed by atoms with van der Waals surface area (Å²) in [6, 6.07) is 16.8. The Morgan fingerprint density at radius 1 is 0.939 bits per heavy atom. The second-order valence-electron chi connectivity index (χ2n) is 8.91. The molecule has 7 heteroatoms. The van der Waals surface area contributed by atoms with Crippen molar-refractivity contribution in [2.75, 3.05) is 39.3 Å². The molecule has 0 N–H and O–H groups in total. The van der Waals surface area contributed by atoms with E-state index >= 15 is 0 Å². The molecule has 0 radical (unpaired) electrons. The van der Waals surface area contributed by atoms with Crippen LogP contribution in [0.15, 0.2) is 60.9 Å². The highest BCUT2D eigenvalue weighted by molar-refractivity contribution is 5.73. The maximum absolute atomic E-state index is 11.6. The van der Waals surface area contributed by atoms with Crippen LogP contribution in [0, 0.1) is 0 Å². The van der Waals surface area contributed by atoms with E-state index in [4.69, 9.17) is 4.74 Å². The topological polar surface area (TPSA) is 53.8 Å². The van der Waals surface area contributed by atoms with Gasteiger partial charge in [0, 0.05) is 76.6 Å². The average molecular weight is 446 g/mol. The summed E-state index contributed by atoms with van der Waals surface area (Å²) in [4.78, 5) is 18.4. The molecule has 5 rings (SSSR count). The number of carbonyl (C=O) groups excluding carboxylic acids is 1. The number of nitrogens with zero attached hydrogens (tertiary/aromatic N) is 5. The molecule has 2 aromatic carbocycles. The predicted molar refractivity (Wildman–Crippen MR) is 127 cm³/mol. The quantitative estimate of drug-likeness (QED) is 0.605. The van der Waals surface area contributed by atoms with Gasteiger partial charge in [-0.2, -0.15) is 5.10 Å². The van der Waals surface area contributed by atoms with E-state index in [2.05, 4.69) is 51.4 Å². The molecule has 2 aliphatic rings. The van der Waals surface area contributed by atoms with Crippen molar-refractivity contribution in [2.45, 2.75) is 26.6 Å². The molecule has 0 bridgehead atoms. The van der Waals surface area contributed by atoms with Crippen LogP contribution in [0.25, 0.3) is 5.69 Å². The molecule has 0 aliphatic carbocycles. The normalized spacial score (nSPS) is 17.3. The molecule has 3 aromatic rings. The second kappa shape index (κ2) is 9.77. The van der Waals surface area contributed by atoms with E-state index in [-0.39, 0.29) is 5.91 Å². The van der Waals surface area contributed by atoms with Gasteiger partial charge in [-0.3, -0.25) is 14.6 Å². The van der Waals surface area contributed by atoms with Crippen molar-refractivity contribution in [1.82, 2.24) is 24.5 Å². The van der Waals surface area contributed by atoms with Crippen LogP contribution in [-0.4, -0.2) is 69.7 Å². The molecular weight excluding hydrogens is 414 g/mol. The van der Waals surface area contributed by atoms with Gasteiger partial charge >= 0.3 is 0 Å². The van der Waals surface area contributed by atoms with Crippen LogP contribution in [0.5, 0.6) is 5.75 Å². The van der Waals surface area contributed by atoms with Gasteiger partial charge in [0.1, 0.15) is 12.4 Å². The lowest BCUT2D eigenvalue weighted by Gasteiger charge is -2.34. The van der Waals surface area contributed by atoms with Crippen LogP contribution >= 0.6 is 0 Å². The standard InChI is InChI=1S/C26H31N5O2/c1-21(32)30-11-9-28(10-12-30)17-22-7-8-26-24(15-22)20-29(13-14-33-26)18-23-16-27-31(19-23)25-5-3-2-4-6-25/h2-8,15-16,19H,9-14,17-18,20H2,1H3. The number of hydrogen-bond acceptors (Lipinski definition) is 5. The highest BCUT2D eigenvalue weighted by atomic mass is 16.5. The van der Waals surface area contributed by atoms with Gasteiger partial charge in [0.05, 0.1) is 11.9 Å². The maximum atomic E-state index is 11.6. The van der Waals surface area contributed by atoms with Gasteiger partial charge in [-0.1, -0.05) is 24.3 Å². The fourth-order valence-electron chi connectivity index (χ4n) is 4.64. The summed E-state index contributed by atoms with van der Waals surface area (Å²) in [5, 5.41) is 4.54. The largest absolute Gasteiger partial charge is 0.492 e. The highest BCUT2D eigenvalue weighted by Gasteiger charge is 2.20. The van der Waals surface area contributed by atoms with Gasteiger partial charge in [0.15, 0.2) is 0 Å². The first-order valence-corrected chi connectivity index (χ1v) is 11.7. The van der Waals surface area contributed by atoms with Gasteiger partial charge in [0.2, 0.25) is 5.91 Å². The fourth-order valence-corrected chi connectivity index (χ4v) is 4.64. The van der Waals surface area contributed by atoms with Crippen molar-refractivity contribution >= 4 is 5.91 Å². The van der Waals surface area contributed by atoms with Crippen LogP contribution < -0.4 is 4.74 Å². The van der Waals surface area contributed by atoms with Gasteiger partial charge in [-0.05, 0) is 29.8 Å². The molecule has 1 saturated heterocycles. The zero-order valence-electron chi connectivity index (χ0n) is 19.2. The fraction of sp³-hybridized carbons (Fsp3) is 0.385. The Balaban J connectivity index is 1.23. The first kappa shape index (κ1) is 21.7. The van der Waals surface area contributed by atoms with Crippen LogP contribution in [0.4, 0.5) is 0 Å². The number of hydrogen-bond donors (Lipinski definition) is 0. The molecule has 2 aliphatic heterocycles. The second-order valence-corrected chi connectivity index (χ2v) is 8.91. The molecule has 0 unspecified atom stereocenters. The van der Waals surface area contributed by atoms with E-state index in [1.807, 2.05) is 34.0 Å². The molecule has 3 heterocycles. The van der Waals surface area contributed by atoms with E-state index in [1.165, 1.54) is 16.7 Å². The molecule has 0 atom stereocenters. The minimum atomic E-state index is 0.172. The third-order valence-corrected chi connectivity index (χ3v) is 6.47. The van der Waals surface area contributed by atoms with Crippen molar-refractivity contribution in [3.8, 4) is 11.4 Å². The van der Waals surface area contributed by atoms with E-state index in [0.29, 0.717) is 6.61 Å². The van der Waals surface area contributed by atoms with E-state index in [0.717, 1.165) is 63.8 Å². The van der Waals surface area contributed by atoms with Gasteiger partial charge in [-0.25, -0.2) is 4.68 Å². The number of rotatable bonds is 5. The summed E-state index contributed by atoms with van der Waals surface area (Å²) in [5.74, 6) is 1.16. The Morgan fingerprint density at radius 3 is 2.52 bits per heavy atom. The van der Waals surface area contributed by atoms with Crippen LogP contribution in [0.2, 0.25) is 0 Å². The molecule has 1 aromatic heterocycles. The minimum Gasteiger partial charge on any atom is -0.492 e. The van der Waals surface area contributed by atoms with Gasteiger partial charge in [0.25, 0.3) is 0 Å². The Bertz CT molecular complexity index is 1090. The summed E-state index contributed by atoms with van der Waals surface area (Å²) in [6.07, 6.45) is 4.07. The van der Waals surface area contributed by atoms with E-state index in [1.54, 1.807) is 6.92 Å². The number of carbonyl (C=O) groups is 1. The summed E-state index contributed by atoms with van der Waals surface area (Å²) in [7, 11) is 0. The highest BCUT2D eigenvalue weighted by Crippen LogP contribution is 2.26. The third-order valence-electron chi connectivity index (χ3n) is 6.47. The molecule has 1 amide bonds. The molecule has 33 heavy (non-hydrogen) atoms. The maximum Gasteiger partial charge on any atom is 0.219 e. The van der Waals surface area contributed by atoms with Crippen LogP contribution in [-0.2, 0) is 24.4 Å². The van der Waals surface area contributed by atoms with Crippen molar-refractivity contribution < 1.29 is 9.53 Å². The average Bonchev–Trinajstić information content (AvgIpc) is 3.20. The zero-order valence-corrected chi connectivity index (χ0v) is 19.2. The zero-order chi connectivity index (χ0) is 22.6. The summed E-state index contributed by atoms with van der Waals surface area (Å²) in [6.45, 7) is 9.30. The van der Waals surface area contributed by atoms with Crippen LogP contribution in [0.1, 0.15) is 23.6 Å². The number of ether oxygens (including phenoxy) is 1. The van der Waals surface area contributed by atoms with Crippen molar-refractivity contribution in [1.29, 1.82) is 0 Å². The molecule has 7 nitrogen and oxygen atoms in total. The first-order valence-electron chi connectivity index (χ1n) is 11.7. The predicted octanol–water partition coefficient (Wildman–Crippen LogP) is 2.93. The lowest BCUT2D eigenvalue weighted by molar-refractivity contribution is -0.130. The monoisotopic (exact) mass is 445 g/mol. The number of para-hydroxylation sites is 1. The molecule has 0 saturated carbocycles. The molecule has 1 fully saturated rings. The molecule has 0 spiro atoms. The Morgan fingerprint density at radius 2 is 1.73 bits per heavy atom. The Labute approximate surface area is 195 Å². The summed E-state index contributed by atoms with van der Waals surface area (Å²) >= 11 is 0. The van der Waals surface area contributed by atoms with E-state index in [9.17, 15) is 4.79 Å². The minimum absolute atomic E-state index is 0.172. The molecule has 172 valence electrons. The van der Waals surface area contributed by atoms with Gasteiger partial charge < -0.3 is 9.64 Å². The van der Waals surface area contributed by atoms with Gasteiger partial charge in [-0.15, -0.1) is 0 Å². The van der Waals surface area contributed by atoms with Crippen molar-refractivity contribution in [2.24, 2.45) is 0 Å². The smallest absolute Gasteiger partial charge is 0.219 e. The van der Waals surface area contributed by atoms with Crippen molar-refractivity contribution in [3.63, 3.8) is 0 Å². The third kappa shape index (κ3) is 5.26. The Kier molecular flexibility index (Phi) is 6.41. The summed E-state index contributed by atoms with van der Waals surface area (Å²) < 4.78 is 7.99. The lowest BCUT2D eigenvalue weighted by atomic mass is 10.1. The van der Waals surface area contributed by atoms with Crippen LogP contribution in [0.3, 0.4) is 0 Å². The van der Waals surface area contributed by atoms with E-state index < -0.39 is 0 Å². The lowest BCUT2D eigenvalue weighted by Crippen LogP contribution is -2.47. The Hall–Kier alpha value is -3.16.